The monoisotopic (exact) mass is 268 g/mol. The van der Waals surface area contributed by atoms with Crippen molar-refractivity contribution in [3.63, 3.8) is 0 Å². The first kappa shape index (κ1) is 14.8. The molecule has 0 bridgehead atoms. The van der Waals surface area contributed by atoms with Gasteiger partial charge in [0.1, 0.15) is 11.5 Å². The van der Waals surface area contributed by atoms with E-state index in [-0.39, 0.29) is 42.3 Å². The van der Waals surface area contributed by atoms with Crippen LogP contribution >= 0.6 is 0 Å². The van der Waals surface area contributed by atoms with E-state index < -0.39 is 11.9 Å². The molecule has 0 amide bonds. The molecule has 1 rings (SSSR count). The van der Waals surface area contributed by atoms with E-state index in [1.165, 1.54) is 0 Å². The highest BCUT2D eigenvalue weighted by atomic mass is 16.5. The second-order valence-corrected chi connectivity index (χ2v) is 3.69. The first-order valence-corrected chi connectivity index (χ1v) is 5.87. The van der Waals surface area contributed by atoms with E-state index in [0.29, 0.717) is 0 Å². The molecule has 0 spiro atoms. The molecule has 2 N–H and O–H groups in total. The molecule has 0 fully saturated rings. The fraction of sp³-hybridized carbons (Fsp3) is 0.385. The lowest BCUT2D eigenvalue weighted by Crippen LogP contribution is -2.13. The van der Waals surface area contributed by atoms with Crippen LogP contribution in [0.5, 0.6) is 11.5 Å². The first-order valence-electron chi connectivity index (χ1n) is 5.87. The van der Waals surface area contributed by atoms with E-state index in [1.54, 1.807) is 13.8 Å². The Morgan fingerprint density at radius 3 is 2.32 bits per heavy atom. The van der Waals surface area contributed by atoms with E-state index in [0.717, 1.165) is 12.1 Å². The minimum Gasteiger partial charge on any atom is -0.508 e. The van der Waals surface area contributed by atoms with Crippen molar-refractivity contribution in [2.24, 2.45) is 0 Å². The summed E-state index contributed by atoms with van der Waals surface area (Å²) in [6, 6.07) is 2.20. The number of carbonyl (C=O) groups excluding carboxylic acids is 2. The third-order valence-electron chi connectivity index (χ3n) is 2.33. The van der Waals surface area contributed by atoms with Gasteiger partial charge in [0.2, 0.25) is 0 Å². The van der Waals surface area contributed by atoms with Gasteiger partial charge in [-0.15, -0.1) is 0 Å². The van der Waals surface area contributed by atoms with Crippen molar-refractivity contribution < 1.29 is 29.3 Å². The molecule has 19 heavy (non-hydrogen) atoms. The van der Waals surface area contributed by atoms with Crippen LogP contribution in [0, 0.1) is 0 Å². The Morgan fingerprint density at radius 1 is 1.11 bits per heavy atom. The Kier molecular flexibility index (Phi) is 5.17. The third-order valence-corrected chi connectivity index (χ3v) is 2.33. The van der Waals surface area contributed by atoms with Crippen LogP contribution in [-0.4, -0.2) is 35.4 Å². The molecule has 1 aromatic carbocycles. The van der Waals surface area contributed by atoms with Crippen molar-refractivity contribution in [2.75, 3.05) is 13.2 Å². The molecule has 0 heterocycles. The van der Waals surface area contributed by atoms with Gasteiger partial charge in [0.15, 0.2) is 0 Å². The normalized spacial score (nSPS) is 10.0. The predicted octanol–water partition coefficient (Wildman–Crippen LogP) is 1.38. The topological polar surface area (TPSA) is 93.1 Å². The summed E-state index contributed by atoms with van der Waals surface area (Å²) in [5.41, 5.74) is 0.0297. The minimum atomic E-state index is -0.715. The van der Waals surface area contributed by atoms with Gasteiger partial charge in [-0.1, -0.05) is 0 Å². The van der Waals surface area contributed by atoms with E-state index in [2.05, 4.69) is 0 Å². The Morgan fingerprint density at radius 2 is 1.74 bits per heavy atom. The molecule has 0 aliphatic heterocycles. The van der Waals surface area contributed by atoms with Crippen molar-refractivity contribution >= 4 is 11.9 Å². The number of hydrogen-bond donors (Lipinski definition) is 2. The largest absolute Gasteiger partial charge is 0.508 e. The summed E-state index contributed by atoms with van der Waals surface area (Å²) in [4.78, 5) is 23.1. The maximum absolute atomic E-state index is 11.7. The quantitative estimate of drug-likeness (QED) is 0.784. The van der Waals surface area contributed by atoms with Gasteiger partial charge in [0.25, 0.3) is 0 Å². The third kappa shape index (κ3) is 3.87. The molecule has 0 aliphatic rings. The van der Waals surface area contributed by atoms with Crippen LogP contribution < -0.4 is 0 Å². The number of hydrogen-bond acceptors (Lipinski definition) is 6. The maximum atomic E-state index is 11.7. The zero-order chi connectivity index (χ0) is 14.4. The Hall–Kier alpha value is -2.24. The number of esters is 2. The molecule has 6 nitrogen and oxygen atoms in total. The predicted molar refractivity (Wildman–Crippen MR) is 66.1 cm³/mol. The molecule has 104 valence electrons. The average Bonchev–Trinajstić information content (AvgIpc) is 2.33. The summed E-state index contributed by atoms with van der Waals surface area (Å²) in [6.07, 6.45) is -0.270. The summed E-state index contributed by atoms with van der Waals surface area (Å²) in [7, 11) is 0. The van der Waals surface area contributed by atoms with Crippen molar-refractivity contribution in [3.8, 4) is 11.5 Å². The Balaban J connectivity index is 3.13. The van der Waals surface area contributed by atoms with E-state index in [4.69, 9.17) is 9.47 Å². The van der Waals surface area contributed by atoms with Crippen molar-refractivity contribution in [1.82, 2.24) is 0 Å². The molecule has 6 heteroatoms. The standard InChI is InChI=1S/C13H16O6/c1-3-18-12(16)7-9-10(13(17)19-4-2)5-8(14)6-11(9)15/h5-6,14-15H,3-4,7H2,1-2H3. The maximum Gasteiger partial charge on any atom is 0.338 e. The second kappa shape index (κ2) is 6.63. The molecule has 0 saturated heterocycles. The number of phenolic OH excluding ortho intramolecular Hbond substituents is 2. The zero-order valence-corrected chi connectivity index (χ0v) is 10.8. The fourth-order valence-corrected chi connectivity index (χ4v) is 1.57. The number of benzene rings is 1. The van der Waals surface area contributed by atoms with Crippen molar-refractivity contribution in [1.29, 1.82) is 0 Å². The summed E-state index contributed by atoms with van der Waals surface area (Å²) in [6.45, 7) is 3.63. The molecule has 0 atom stereocenters. The summed E-state index contributed by atoms with van der Waals surface area (Å²) >= 11 is 0. The van der Waals surface area contributed by atoms with Gasteiger partial charge in [-0.05, 0) is 19.9 Å². The number of phenols is 2. The molecule has 0 saturated carbocycles. The Labute approximate surface area is 110 Å². The number of aromatic hydroxyl groups is 2. The van der Waals surface area contributed by atoms with Crippen LogP contribution in [0.1, 0.15) is 29.8 Å². The van der Waals surface area contributed by atoms with Gasteiger partial charge in [-0.2, -0.15) is 0 Å². The number of rotatable bonds is 5. The van der Waals surface area contributed by atoms with Crippen LogP contribution in [0.15, 0.2) is 12.1 Å². The highest BCUT2D eigenvalue weighted by Gasteiger charge is 2.20. The summed E-state index contributed by atoms with van der Waals surface area (Å²) in [5, 5.41) is 19.1. The average molecular weight is 268 g/mol. The number of carbonyl (C=O) groups is 2. The highest BCUT2D eigenvalue weighted by molar-refractivity contribution is 5.94. The van der Waals surface area contributed by atoms with Crippen LogP contribution in [0.2, 0.25) is 0 Å². The SMILES string of the molecule is CCOC(=O)Cc1c(O)cc(O)cc1C(=O)OCC. The minimum absolute atomic E-state index is 0.0487. The van der Waals surface area contributed by atoms with E-state index in [9.17, 15) is 19.8 Å². The Bertz CT molecular complexity index is 480. The van der Waals surface area contributed by atoms with E-state index >= 15 is 0 Å². The van der Waals surface area contributed by atoms with Gasteiger partial charge in [-0.3, -0.25) is 4.79 Å². The highest BCUT2D eigenvalue weighted by Crippen LogP contribution is 2.28. The smallest absolute Gasteiger partial charge is 0.338 e. The molecular weight excluding hydrogens is 252 g/mol. The van der Waals surface area contributed by atoms with Crippen LogP contribution in [-0.2, 0) is 20.7 Å². The summed E-state index contributed by atoms with van der Waals surface area (Å²) in [5.74, 6) is -1.92. The van der Waals surface area contributed by atoms with Gasteiger partial charge in [-0.25, -0.2) is 4.79 Å². The lowest BCUT2D eigenvalue weighted by Gasteiger charge is -2.11. The molecule has 0 aliphatic carbocycles. The summed E-state index contributed by atoms with van der Waals surface area (Å²) < 4.78 is 9.57. The van der Waals surface area contributed by atoms with Crippen molar-refractivity contribution in [2.45, 2.75) is 20.3 Å². The first-order chi connectivity index (χ1) is 8.99. The van der Waals surface area contributed by atoms with Crippen molar-refractivity contribution in [3.05, 3.63) is 23.3 Å². The lowest BCUT2D eigenvalue weighted by atomic mass is 10.0. The van der Waals surface area contributed by atoms with Crippen LogP contribution in [0.3, 0.4) is 0 Å². The van der Waals surface area contributed by atoms with Gasteiger partial charge in [0, 0.05) is 11.6 Å². The molecule has 0 unspecified atom stereocenters. The number of ether oxygens (including phenoxy) is 2. The van der Waals surface area contributed by atoms with Crippen LogP contribution in [0.4, 0.5) is 0 Å². The second-order valence-electron chi connectivity index (χ2n) is 3.69. The molecule has 0 aromatic heterocycles. The van der Waals surface area contributed by atoms with Crippen LogP contribution in [0.25, 0.3) is 0 Å². The lowest BCUT2D eigenvalue weighted by molar-refractivity contribution is -0.142. The van der Waals surface area contributed by atoms with Gasteiger partial charge >= 0.3 is 11.9 Å². The zero-order valence-electron chi connectivity index (χ0n) is 10.8. The van der Waals surface area contributed by atoms with E-state index in [1.807, 2.05) is 0 Å². The van der Waals surface area contributed by atoms with Gasteiger partial charge < -0.3 is 19.7 Å². The molecule has 1 aromatic rings. The van der Waals surface area contributed by atoms with Gasteiger partial charge in [0.05, 0.1) is 25.2 Å². The fourth-order valence-electron chi connectivity index (χ4n) is 1.57. The molecular formula is C13H16O6. The molecule has 0 radical (unpaired) electrons.